The van der Waals surface area contributed by atoms with Crippen LogP contribution in [0.3, 0.4) is 0 Å². The van der Waals surface area contributed by atoms with Gasteiger partial charge in [-0.05, 0) is 30.7 Å². The van der Waals surface area contributed by atoms with Crippen molar-refractivity contribution in [2.75, 3.05) is 11.9 Å². The van der Waals surface area contributed by atoms with Gasteiger partial charge in [-0.25, -0.2) is 4.39 Å². The summed E-state index contributed by atoms with van der Waals surface area (Å²) >= 11 is 5.66. The monoisotopic (exact) mass is 333 g/mol. The molecule has 1 aliphatic rings. The molecule has 0 aromatic heterocycles. The van der Waals surface area contributed by atoms with Gasteiger partial charge in [0.1, 0.15) is 11.6 Å². The summed E-state index contributed by atoms with van der Waals surface area (Å²) in [6.07, 6.45) is 1.07. The van der Waals surface area contributed by atoms with Crippen molar-refractivity contribution < 1.29 is 18.7 Å². The fraction of sp³-hybridized carbons (Fsp3) is 0.176. The molecule has 0 unspecified atom stereocenters. The number of carbonyl (C=O) groups excluding carboxylic acids is 2. The average Bonchev–Trinajstić information content (AvgIpc) is 2.90. The Hall–Kier alpha value is -2.40. The van der Waals surface area contributed by atoms with Crippen LogP contribution in [0.1, 0.15) is 22.3 Å². The molecule has 0 saturated heterocycles. The van der Waals surface area contributed by atoms with Crippen molar-refractivity contribution >= 4 is 29.0 Å². The first-order valence-electron chi connectivity index (χ1n) is 7.07. The molecule has 0 heterocycles. The lowest BCUT2D eigenvalue weighted by molar-refractivity contribution is -0.118. The number of benzene rings is 2. The van der Waals surface area contributed by atoms with E-state index in [9.17, 15) is 14.0 Å². The van der Waals surface area contributed by atoms with E-state index in [2.05, 4.69) is 5.32 Å². The maximum Gasteiger partial charge on any atom is 0.262 e. The van der Waals surface area contributed by atoms with E-state index in [-0.39, 0.29) is 23.1 Å². The van der Waals surface area contributed by atoms with Crippen molar-refractivity contribution in [3.8, 4) is 5.75 Å². The maximum atomic E-state index is 13.6. The lowest BCUT2D eigenvalue weighted by Crippen LogP contribution is -2.21. The summed E-state index contributed by atoms with van der Waals surface area (Å²) in [5.74, 6) is -0.511. The number of nitrogens with one attached hydrogen (secondary N) is 1. The minimum Gasteiger partial charge on any atom is -0.483 e. The van der Waals surface area contributed by atoms with Gasteiger partial charge in [-0.3, -0.25) is 9.59 Å². The highest BCUT2D eigenvalue weighted by Crippen LogP contribution is 2.30. The maximum absolute atomic E-state index is 13.6. The van der Waals surface area contributed by atoms with Crippen LogP contribution in [-0.2, 0) is 11.2 Å². The number of fused-ring (bicyclic) bond motifs is 1. The Morgan fingerprint density at radius 2 is 2.09 bits per heavy atom. The molecule has 6 heteroatoms. The Kier molecular flexibility index (Phi) is 4.30. The van der Waals surface area contributed by atoms with Crippen LogP contribution in [0.15, 0.2) is 36.4 Å². The highest BCUT2D eigenvalue weighted by atomic mass is 35.5. The van der Waals surface area contributed by atoms with Gasteiger partial charge >= 0.3 is 0 Å². The number of hydrogen-bond donors (Lipinski definition) is 1. The molecule has 1 N–H and O–H groups in total. The summed E-state index contributed by atoms with van der Waals surface area (Å²) < 4.78 is 19.1. The Morgan fingerprint density at radius 3 is 2.87 bits per heavy atom. The van der Waals surface area contributed by atoms with Crippen molar-refractivity contribution in [2.24, 2.45) is 0 Å². The van der Waals surface area contributed by atoms with Gasteiger partial charge in [0.05, 0.1) is 5.69 Å². The van der Waals surface area contributed by atoms with Gasteiger partial charge < -0.3 is 10.1 Å². The van der Waals surface area contributed by atoms with Gasteiger partial charge in [-0.1, -0.05) is 23.7 Å². The average molecular weight is 334 g/mol. The van der Waals surface area contributed by atoms with Crippen LogP contribution in [-0.4, -0.2) is 18.3 Å². The van der Waals surface area contributed by atoms with Crippen LogP contribution in [0, 0.1) is 5.82 Å². The number of hydrogen-bond acceptors (Lipinski definition) is 3. The fourth-order valence-corrected chi connectivity index (χ4v) is 2.67. The predicted molar refractivity (Wildman–Crippen MR) is 84.6 cm³/mol. The molecule has 0 saturated carbocycles. The van der Waals surface area contributed by atoms with Gasteiger partial charge in [0.2, 0.25) is 0 Å². The number of Topliss-reactive ketones (excluding diaryl/α,β-unsaturated/α-hetero) is 1. The molecule has 0 aliphatic heterocycles. The molecule has 1 aliphatic carbocycles. The molecule has 23 heavy (non-hydrogen) atoms. The van der Waals surface area contributed by atoms with E-state index in [1.54, 1.807) is 18.2 Å². The molecule has 0 atom stereocenters. The standard InChI is InChI=1S/C17H13ClFNO3/c18-10-4-6-14(13(19)8-10)20-17(22)9-23-16-3-1-2-11-12(16)5-7-15(11)21/h1-4,6,8H,5,7,9H2,(H,20,22). The Bertz CT molecular complexity index is 791. The number of halogens is 2. The second kappa shape index (κ2) is 6.38. The normalized spacial score (nSPS) is 12.9. The zero-order valence-electron chi connectivity index (χ0n) is 12.1. The summed E-state index contributed by atoms with van der Waals surface area (Å²) in [6.45, 7) is -0.271. The van der Waals surface area contributed by atoms with Crippen molar-refractivity contribution in [3.05, 3.63) is 58.4 Å². The zero-order chi connectivity index (χ0) is 16.4. The number of ether oxygens (including phenoxy) is 1. The van der Waals surface area contributed by atoms with Gasteiger partial charge in [0.15, 0.2) is 12.4 Å². The molecule has 118 valence electrons. The van der Waals surface area contributed by atoms with E-state index < -0.39 is 11.7 Å². The summed E-state index contributed by atoms with van der Waals surface area (Å²) in [5, 5.41) is 2.67. The smallest absolute Gasteiger partial charge is 0.262 e. The minimum atomic E-state index is -0.614. The van der Waals surface area contributed by atoms with Gasteiger partial charge in [0, 0.05) is 22.6 Å². The third-order valence-corrected chi connectivity index (χ3v) is 3.83. The number of carbonyl (C=O) groups is 2. The van der Waals surface area contributed by atoms with E-state index in [0.717, 1.165) is 11.6 Å². The second-order valence-electron chi connectivity index (χ2n) is 5.17. The van der Waals surface area contributed by atoms with E-state index in [1.807, 2.05) is 0 Å². The number of rotatable bonds is 4. The Balaban J connectivity index is 1.65. The molecule has 1 amide bonds. The quantitative estimate of drug-likeness (QED) is 0.929. The topological polar surface area (TPSA) is 55.4 Å². The van der Waals surface area contributed by atoms with Crippen LogP contribution < -0.4 is 10.1 Å². The first-order valence-corrected chi connectivity index (χ1v) is 7.45. The number of amides is 1. The molecule has 2 aromatic rings. The van der Waals surface area contributed by atoms with E-state index in [0.29, 0.717) is 24.2 Å². The first-order chi connectivity index (χ1) is 11.0. The Morgan fingerprint density at radius 1 is 1.26 bits per heavy atom. The molecule has 4 nitrogen and oxygen atoms in total. The molecule has 3 rings (SSSR count). The molecule has 2 aromatic carbocycles. The molecule has 0 fully saturated rings. The summed E-state index contributed by atoms with van der Waals surface area (Å²) in [4.78, 5) is 23.6. The van der Waals surface area contributed by atoms with E-state index in [4.69, 9.17) is 16.3 Å². The van der Waals surface area contributed by atoms with Crippen LogP contribution in [0.4, 0.5) is 10.1 Å². The summed E-state index contributed by atoms with van der Waals surface area (Å²) in [7, 11) is 0. The van der Waals surface area contributed by atoms with Crippen LogP contribution in [0.25, 0.3) is 0 Å². The lowest BCUT2D eigenvalue weighted by Gasteiger charge is -2.11. The first kappa shape index (κ1) is 15.5. The van der Waals surface area contributed by atoms with Crippen molar-refractivity contribution in [2.45, 2.75) is 12.8 Å². The highest BCUT2D eigenvalue weighted by Gasteiger charge is 2.22. The third kappa shape index (κ3) is 3.35. The van der Waals surface area contributed by atoms with Crippen LogP contribution in [0.5, 0.6) is 5.75 Å². The van der Waals surface area contributed by atoms with Gasteiger partial charge in [0.25, 0.3) is 5.91 Å². The SMILES string of the molecule is O=C(COc1cccc2c1CCC2=O)Nc1ccc(Cl)cc1F. The van der Waals surface area contributed by atoms with Crippen molar-refractivity contribution in [1.82, 2.24) is 0 Å². The number of ketones is 1. The van der Waals surface area contributed by atoms with E-state index in [1.165, 1.54) is 12.1 Å². The van der Waals surface area contributed by atoms with Gasteiger partial charge in [-0.2, -0.15) is 0 Å². The number of anilines is 1. The third-order valence-electron chi connectivity index (χ3n) is 3.60. The van der Waals surface area contributed by atoms with Crippen LogP contribution in [0.2, 0.25) is 5.02 Å². The summed E-state index contributed by atoms with van der Waals surface area (Å²) in [5.41, 5.74) is 1.51. The zero-order valence-corrected chi connectivity index (χ0v) is 12.8. The predicted octanol–water partition coefficient (Wildman–Crippen LogP) is 3.63. The minimum absolute atomic E-state index is 0.0384. The Labute approximate surface area is 137 Å². The molecular formula is C17H13ClFNO3. The van der Waals surface area contributed by atoms with Crippen LogP contribution >= 0.6 is 11.6 Å². The van der Waals surface area contributed by atoms with Crippen molar-refractivity contribution in [1.29, 1.82) is 0 Å². The summed E-state index contributed by atoms with van der Waals surface area (Å²) in [6, 6.07) is 9.17. The van der Waals surface area contributed by atoms with E-state index >= 15 is 0 Å². The van der Waals surface area contributed by atoms with Crippen molar-refractivity contribution in [3.63, 3.8) is 0 Å². The largest absolute Gasteiger partial charge is 0.483 e. The van der Waals surface area contributed by atoms with Gasteiger partial charge in [-0.15, -0.1) is 0 Å². The molecule has 0 bridgehead atoms. The highest BCUT2D eigenvalue weighted by molar-refractivity contribution is 6.30. The molecule has 0 radical (unpaired) electrons. The lowest BCUT2D eigenvalue weighted by atomic mass is 10.1. The molecule has 0 spiro atoms. The fourth-order valence-electron chi connectivity index (χ4n) is 2.51. The second-order valence-corrected chi connectivity index (χ2v) is 5.60. The molecular weight excluding hydrogens is 321 g/mol.